The normalized spacial score (nSPS) is 21.2. The lowest BCUT2D eigenvalue weighted by Crippen LogP contribution is -2.27. The van der Waals surface area contributed by atoms with Crippen molar-refractivity contribution in [2.45, 2.75) is 58.5 Å². The van der Waals surface area contributed by atoms with Crippen molar-refractivity contribution in [2.24, 2.45) is 11.7 Å². The van der Waals surface area contributed by atoms with Crippen LogP contribution in [-0.4, -0.2) is 17.5 Å². The van der Waals surface area contributed by atoms with Gasteiger partial charge >= 0.3 is 6.09 Å². The SMILES string of the molecule is CC(C)(C)OC(N)=O.C[C@@H]1CCC(c2ccccc2Cl)C(=O)C1. The highest BCUT2D eigenvalue weighted by atomic mass is 35.5. The third kappa shape index (κ3) is 7.04. The van der Waals surface area contributed by atoms with Gasteiger partial charge in [-0.05, 0) is 51.2 Å². The summed E-state index contributed by atoms with van der Waals surface area (Å²) in [6.07, 6.45) is 2.05. The van der Waals surface area contributed by atoms with Crippen molar-refractivity contribution in [3.63, 3.8) is 0 Å². The molecule has 1 aromatic carbocycles. The van der Waals surface area contributed by atoms with E-state index in [4.69, 9.17) is 17.3 Å². The Bertz CT molecular complexity index is 551. The van der Waals surface area contributed by atoms with Crippen molar-refractivity contribution in [3.8, 4) is 0 Å². The lowest BCUT2D eigenvalue weighted by molar-refractivity contribution is -0.123. The Kier molecular flexibility index (Phi) is 7.07. The van der Waals surface area contributed by atoms with Crippen LogP contribution in [0.5, 0.6) is 0 Å². The largest absolute Gasteiger partial charge is 0.444 e. The molecule has 128 valence electrons. The Hall–Kier alpha value is -1.55. The zero-order valence-corrected chi connectivity index (χ0v) is 15.0. The molecule has 4 nitrogen and oxygen atoms in total. The molecule has 0 bridgehead atoms. The van der Waals surface area contributed by atoms with Gasteiger partial charge in [-0.3, -0.25) is 4.79 Å². The van der Waals surface area contributed by atoms with Crippen LogP contribution in [0.3, 0.4) is 0 Å². The Morgan fingerprint density at radius 2 is 1.87 bits per heavy atom. The number of ketones is 1. The van der Waals surface area contributed by atoms with Gasteiger partial charge in [-0.15, -0.1) is 0 Å². The van der Waals surface area contributed by atoms with E-state index in [1.807, 2.05) is 24.3 Å². The highest BCUT2D eigenvalue weighted by Crippen LogP contribution is 2.35. The molecule has 23 heavy (non-hydrogen) atoms. The number of halogens is 1. The average Bonchev–Trinajstić information content (AvgIpc) is 2.38. The molecule has 0 radical (unpaired) electrons. The Morgan fingerprint density at radius 3 is 2.30 bits per heavy atom. The Morgan fingerprint density at radius 1 is 1.26 bits per heavy atom. The summed E-state index contributed by atoms with van der Waals surface area (Å²) in [4.78, 5) is 21.9. The first-order valence-corrected chi connectivity index (χ1v) is 8.23. The highest BCUT2D eigenvalue weighted by molar-refractivity contribution is 6.31. The number of nitrogens with two attached hydrogens (primary N) is 1. The van der Waals surface area contributed by atoms with E-state index in [2.05, 4.69) is 11.7 Å². The zero-order valence-electron chi connectivity index (χ0n) is 14.3. The number of carbonyl (C=O) groups excluding carboxylic acids is 2. The summed E-state index contributed by atoms with van der Waals surface area (Å²) >= 11 is 6.11. The fourth-order valence-corrected chi connectivity index (χ4v) is 2.86. The zero-order chi connectivity index (χ0) is 17.6. The molecular formula is C18H26ClNO3. The van der Waals surface area contributed by atoms with Crippen LogP contribution >= 0.6 is 11.6 Å². The second-order valence-corrected chi connectivity index (χ2v) is 7.37. The maximum atomic E-state index is 11.9. The van der Waals surface area contributed by atoms with Crippen LogP contribution in [0.1, 0.15) is 58.4 Å². The standard InChI is InChI=1S/C13H15ClO.C5H11NO2/c1-9-6-7-11(13(15)8-9)10-4-2-3-5-12(10)14;1-5(2,3)8-4(6)7/h2-5,9,11H,6-8H2,1H3;1-3H3,(H2,6,7)/t9-,11?;/m1./s1. The van der Waals surface area contributed by atoms with Crippen LogP contribution in [-0.2, 0) is 9.53 Å². The van der Waals surface area contributed by atoms with Crippen molar-refractivity contribution >= 4 is 23.5 Å². The van der Waals surface area contributed by atoms with Crippen LogP contribution in [0.4, 0.5) is 4.79 Å². The smallest absolute Gasteiger partial charge is 0.405 e. The molecular weight excluding hydrogens is 314 g/mol. The molecule has 2 rings (SSSR count). The summed E-state index contributed by atoms with van der Waals surface area (Å²) in [5.41, 5.74) is 5.28. The van der Waals surface area contributed by atoms with E-state index in [-0.39, 0.29) is 5.92 Å². The first kappa shape index (κ1) is 19.5. The first-order chi connectivity index (χ1) is 10.6. The maximum Gasteiger partial charge on any atom is 0.405 e. The third-order valence-corrected chi connectivity index (χ3v) is 3.92. The van der Waals surface area contributed by atoms with Crippen molar-refractivity contribution < 1.29 is 14.3 Å². The summed E-state index contributed by atoms with van der Waals surface area (Å²) in [6.45, 7) is 7.42. The molecule has 0 spiro atoms. The maximum absolute atomic E-state index is 11.9. The minimum absolute atomic E-state index is 0.0369. The molecule has 0 aromatic heterocycles. The van der Waals surface area contributed by atoms with Gasteiger partial charge in [-0.2, -0.15) is 0 Å². The number of rotatable bonds is 1. The van der Waals surface area contributed by atoms with Crippen molar-refractivity contribution in [3.05, 3.63) is 34.9 Å². The summed E-state index contributed by atoms with van der Waals surface area (Å²) in [6, 6.07) is 7.69. The Labute approximate surface area is 143 Å². The van der Waals surface area contributed by atoms with Gasteiger partial charge in [-0.25, -0.2) is 4.79 Å². The monoisotopic (exact) mass is 339 g/mol. The number of amides is 1. The van der Waals surface area contributed by atoms with Gasteiger partial charge in [0, 0.05) is 17.4 Å². The van der Waals surface area contributed by atoms with Gasteiger partial charge in [0.2, 0.25) is 0 Å². The number of hydrogen-bond acceptors (Lipinski definition) is 3. The van der Waals surface area contributed by atoms with E-state index in [0.29, 0.717) is 18.1 Å². The van der Waals surface area contributed by atoms with E-state index in [0.717, 1.165) is 23.4 Å². The number of ether oxygens (including phenoxy) is 1. The molecule has 1 aromatic rings. The minimum Gasteiger partial charge on any atom is -0.444 e. The van der Waals surface area contributed by atoms with Crippen molar-refractivity contribution in [1.29, 1.82) is 0 Å². The summed E-state index contributed by atoms with van der Waals surface area (Å²) < 4.78 is 4.58. The predicted molar refractivity (Wildman–Crippen MR) is 92.6 cm³/mol. The molecule has 1 amide bonds. The lowest BCUT2D eigenvalue weighted by Gasteiger charge is -2.25. The quantitative estimate of drug-likeness (QED) is 0.806. The molecule has 1 unspecified atom stereocenters. The van der Waals surface area contributed by atoms with Gasteiger partial charge in [0.05, 0.1) is 0 Å². The van der Waals surface area contributed by atoms with Crippen molar-refractivity contribution in [2.75, 3.05) is 0 Å². The van der Waals surface area contributed by atoms with Gasteiger partial charge in [0.25, 0.3) is 0 Å². The predicted octanol–water partition coefficient (Wildman–Crippen LogP) is 4.69. The number of primary amides is 1. The molecule has 5 heteroatoms. The van der Waals surface area contributed by atoms with Gasteiger partial charge in [0.15, 0.2) is 0 Å². The fourth-order valence-electron chi connectivity index (χ4n) is 2.59. The first-order valence-electron chi connectivity index (χ1n) is 7.85. The molecule has 1 saturated carbocycles. The van der Waals surface area contributed by atoms with E-state index >= 15 is 0 Å². The minimum atomic E-state index is -0.725. The van der Waals surface area contributed by atoms with Gasteiger partial charge in [-0.1, -0.05) is 36.7 Å². The highest BCUT2D eigenvalue weighted by Gasteiger charge is 2.28. The molecule has 1 aliphatic carbocycles. The Balaban J connectivity index is 0.000000284. The van der Waals surface area contributed by atoms with Crippen molar-refractivity contribution in [1.82, 2.24) is 0 Å². The molecule has 0 saturated heterocycles. The number of hydrogen-bond donors (Lipinski definition) is 1. The molecule has 1 aliphatic rings. The van der Waals surface area contributed by atoms with Gasteiger partial charge < -0.3 is 10.5 Å². The second-order valence-electron chi connectivity index (χ2n) is 6.96. The van der Waals surface area contributed by atoms with E-state index in [1.54, 1.807) is 20.8 Å². The molecule has 2 atom stereocenters. The van der Waals surface area contributed by atoms with E-state index < -0.39 is 11.7 Å². The van der Waals surface area contributed by atoms with E-state index in [9.17, 15) is 9.59 Å². The molecule has 2 N–H and O–H groups in total. The topological polar surface area (TPSA) is 69.4 Å². The molecule has 0 aliphatic heterocycles. The fraction of sp³-hybridized carbons (Fsp3) is 0.556. The van der Waals surface area contributed by atoms with Crippen LogP contribution < -0.4 is 5.73 Å². The lowest BCUT2D eigenvalue weighted by atomic mass is 9.78. The van der Waals surface area contributed by atoms with Gasteiger partial charge in [0.1, 0.15) is 11.4 Å². The summed E-state index contributed by atoms with van der Waals surface area (Å²) in [7, 11) is 0. The van der Waals surface area contributed by atoms with E-state index in [1.165, 1.54) is 0 Å². The van der Waals surface area contributed by atoms with Crippen LogP contribution in [0.25, 0.3) is 0 Å². The molecule has 1 fully saturated rings. The van der Waals surface area contributed by atoms with Crippen LogP contribution in [0, 0.1) is 5.92 Å². The average molecular weight is 340 g/mol. The third-order valence-electron chi connectivity index (χ3n) is 3.57. The second kappa shape index (κ2) is 8.34. The number of benzene rings is 1. The summed E-state index contributed by atoms with van der Waals surface area (Å²) in [5, 5.41) is 0.727. The van der Waals surface area contributed by atoms with Crippen LogP contribution in [0.15, 0.2) is 24.3 Å². The summed E-state index contributed by atoms with van der Waals surface area (Å²) in [5.74, 6) is 0.924. The molecule has 0 heterocycles. The van der Waals surface area contributed by atoms with Crippen LogP contribution in [0.2, 0.25) is 5.02 Å². The number of carbonyl (C=O) groups is 2. The number of Topliss-reactive ketones (excluding diaryl/α,β-unsaturated/α-hetero) is 1.